The highest BCUT2D eigenvalue weighted by Gasteiger charge is 2.21. The second kappa shape index (κ2) is 5.58. The maximum absolute atomic E-state index is 11.7. The minimum absolute atomic E-state index is 0.0434. The van der Waals surface area contributed by atoms with E-state index in [0.717, 1.165) is 4.47 Å². The molecule has 0 unspecified atom stereocenters. The molecule has 1 aromatic carbocycles. The molecule has 0 atom stereocenters. The molecule has 0 aliphatic rings. The van der Waals surface area contributed by atoms with Gasteiger partial charge in [-0.15, -0.1) is 0 Å². The Kier molecular flexibility index (Phi) is 4.04. The molecule has 2 aromatic rings. The zero-order valence-corrected chi connectivity index (χ0v) is 12.6. The van der Waals surface area contributed by atoms with Crippen molar-refractivity contribution < 1.29 is 9.90 Å². The number of aromatic nitrogens is 2. The number of carbonyl (C=O) groups is 1. The molecule has 2 rings (SSSR count). The molecule has 6 heteroatoms. The molecular weight excluding hydrogens is 324 g/mol. The lowest BCUT2D eigenvalue weighted by Crippen LogP contribution is -2.20. The Morgan fingerprint density at radius 1 is 1.30 bits per heavy atom. The first kappa shape index (κ1) is 14.5. The van der Waals surface area contributed by atoms with Crippen LogP contribution < -0.4 is 5.69 Å². The Bertz CT molecular complexity index is 705. The number of carboxylic acids is 1. The Morgan fingerprint density at radius 3 is 2.40 bits per heavy atom. The highest BCUT2D eigenvalue weighted by atomic mass is 79.9. The van der Waals surface area contributed by atoms with Gasteiger partial charge in [-0.3, -0.25) is 0 Å². The standard InChI is InChI=1S/C14H13BrN2O3/c1-7(2)11-10(13(18)19)12(17-14(20)16-11)8-3-5-9(15)6-4-8/h3-7H,1-2H3,(H,18,19)(H,16,17,20). The zero-order valence-electron chi connectivity index (χ0n) is 11.0. The fraction of sp³-hybridized carbons (Fsp3) is 0.214. The Hall–Kier alpha value is -1.95. The number of rotatable bonds is 3. The number of halogens is 1. The second-order valence-electron chi connectivity index (χ2n) is 4.65. The summed E-state index contributed by atoms with van der Waals surface area (Å²) in [6, 6.07) is 7.00. The molecule has 0 amide bonds. The largest absolute Gasteiger partial charge is 0.478 e. The van der Waals surface area contributed by atoms with E-state index in [9.17, 15) is 14.7 Å². The van der Waals surface area contributed by atoms with Crippen molar-refractivity contribution in [2.45, 2.75) is 19.8 Å². The van der Waals surface area contributed by atoms with Crippen LogP contribution in [0.1, 0.15) is 35.8 Å². The van der Waals surface area contributed by atoms with Gasteiger partial charge in [0.1, 0.15) is 5.56 Å². The van der Waals surface area contributed by atoms with Gasteiger partial charge in [0.25, 0.3) is 0 Å². The lowest BCUT2D eigenvalue weighted by atomic mass is 9.99. The average molecular weight is 337 g/mol. The minimum Gasteiger partial charge on any atom is -0.478 e. The molecule has 0 spiro atoms. The first-order valence-electron chi connectivity index (χ1n) is 6.03. The quantitative estimate of drug-likeness (QED) is 0.902. The Balaban J connectivity index is 2.77. The van der Waals surface area contributed by atoms with Gasteiger partial charge >= 0.3 is 11.7 Å². The van der Waals surface area contributed by atoms with Crippen molar-refractivity contribution in [1.29, 1.82) is 0 Å². The van der Waals surface area contributed by atoms with Gasteiger partial charge in [-0.25, -0.2) is 9.59 Å². The van der Waals surface area contributed by atoms with Crippen LogP contribution in [0.15, 0.2) is 33.5 Å². The van der Waals surface area contributed by atoms with E-state index in [-0.39, 0.29) is 17.2 Å². The van der Waals surface area contributed by atoms with Gasteiger partial charge in [0, 0.05) is 15.7 Å². The molecular formula is C14H13BrN2O3. The van der Waals surface area contributed by atoms with E-state index in [4.69, 9.17) is 0 Å². The van der Waals surface area contributed by atoms with Crippen LogP contribution in [0.5, 0.6) is 0 Å². The highest BCUT2D eigenvalue weighted by molar-refractivity contribution is 9.10. The molecule has 0 bridgehead atoms. The third-order valence-electron chi connectivity index (χ3n) is 2.87. The molecule has 104 valence electrons. The normalized spacial score (nSPS) is 10.8. The van der Waals surface area contributed by atoms with Crippen molar-refractivity contribution >= 4 is 21.9 Å². The summed E-state index contributed by atoms with van der Waals surface area (Å²) in [5.41, 5.74) is 0.671. The van der Waals surface area contributed by atoms with Gasteiger partial charge in [0.2, 0.25) is 0 Å². The third kappa shape index (κ3) is 2.80. The molecule has 20 heavy (non-hydrogen) atoms. The van der Waals surface area contributed by atoms with Gasteiger partial charge in [-0.05, 0) is 18.1 Å². The molecule has 1 aromatic heterocycles. The lowest BCUT2D eigenvalue weighted by Gasteiger charge is -2.12. The van der Waals surface area contributed by atoms with Gasteiger partial charge in [0.05, 0.1) is 5.69 Å². The molecule has 0 radical (unpaired) electrons. The molecule has 0 aliphatic carbocycles. The van der Waals surface area contributed by atoms with Crippen molar-refractivity contribution in [3.05, 3.63) is 50.5 Å². The van der Waals surface area contributed by atoms with Crippen LogP contribution in [0.2, 0.25) is 0 Å². The highest BCUT2D eigenvalue weighted by Crippen LogP contribution is 2.26. The predicted octanol–water partition coefficient (Wildman–Crippen LogP) is 3.02. The molecule has 0 saturated carbocycles. The van der Waals surface area contributed by atoms with Gasteiger partial charge in [-0.2, -0.15) is 4.98 Å². The van der Waals surface area contributed by atoms with E-state index in [1.54, 1.807) is 24.3 Å². The molecule has 0 fully saturated rings. The number of aromatic amines is 1. The summed E-state index contributed by atoms with van der Waals surface area (Å²) in [6.45, 7) is 3.64. The summed E-state index contributed by atoms with van der Waals surface area (Å²) in [5, 5.41) is 9.43. The molecule has 1 heterocycles. The topological polar surface area (TPSA) is 83.0 Å². The first-order chi connectivity index (χ1) is 9.40. The van der Waals surface area contributed by atoms with Crippen molar-refractivity contribution in [2.75, 3.05) is 0 Å². The van der Waals surface area contributed by atoms with Crippen LogP contribution in [0.3, 0.4) is 0 Å². The summed E-state index contributed by atoms with van der Waals surface area (Å²) in [6.07, 6.45) is 0. The summed E-state index contributed by atoms with van der Waals surface area (Å²) in [7, 11) is 0. The first-order valence-corrected chi connectivity index (χ1v) is 6.83. The fourth-order valence-corrected chi connectivity index (χ4v) is 2.22. The summed E-state index contributed by atoms with van der Waals surface area (Å²) < 4.78 is 0.868. The third-order valence-corrected chi connectivity index (χ3v) is 3.40. The Morgan fingerprint density at radius 2 is 1.90 bits per heavy atom. The number of aromatic carboxylic acids is 1. The van der Waals surface area contributed by atoms with Crippen LogP contribution >= 0.6 is 15.9 Å². The van der Waals surface area contributed by atoms with Crippen molar-refractivity contribution in [2.24, 2.45) is 0 Å². The van der Waals surface area contributed by atoms with Crippen molar-refractivity contribution in [1.82, 2.24) is 9.97 Å². The number of nitrogens with one attached hydrogen (secondary N) is 1. The van der Waals surface area contributed by atoms with Crippen molar-refractivity contribution in [3.8, 4) is 11.3 Å². The van der Waals surface area contributed by atoms with E-state index < -0.39 is 11.7 Å². The van der Waals surface area contributed by atoms with Gasteiger partial charge in [0.15, 0.2) is 0 Å². The average Bonchev–Trinajstić information content (AvgIpc) is 2.38. The number of hydrogen-bond acceptors (Lipinski definition) is 3. The molecule has 5 nitrogen and oxygen atoms in total. The molecule has 2 N–H and O–H groups in total. The SMILES string of the molecule is CC(C)c1[nH]c(=O)nc(-c2ccc(Br)cc2)c1C(=O)O. The smallest absolute Gasteiger partial charge is 0.345 e. The summed E-state index contributed by atoms with van der Waals surface area (Å²) in [4.78, 5) is 29.5. The van der Waals surface area contributed by atoms with Crippen molar-refractivity contribution in [3.63, 3.8) is 0 Å². The minimum atomic E-state index is -1.10. The monoisotopic (exact) mass is 336 g/mol. The summed E-state index contributed by atoms with van der Waals surface area (Å²) in [5.74, 6) is -1.22. The van der Waals surface area contributed by atoms with E-state index >= 15 is 0 Å². The van der Waals surface area contributed by atoms with Crippen LogP contribution in [0, 0.1) is 0 Å². The van der Waals surface area contributed by atoms with E-state index in [1.807, 2.05) is 13.8 Å². The van der Waals surface area contributed by atoms with Crippen LogP contribution in [0.25, 0.3) is 11.3 Å². The van der Waals surface area contributed by atoms with Gasteiger partial charge in [-0.1, -0.05) is 41.9 Å². The molecule has 0 saturated heterocycles. The van der Waals surface area contributed by atoms with Crippen LogP contribution in [0.4, 0.5) is 0 Å². The lowest BCUT2D eigenvalue weighted by molar-refractivity contribution is 0.0695. The number of hydrogen-bond donors (Lipinski definition) is 2. The fourth-order valence-electron chi connectivity index (χ4n) is 1.96. The van der Waals surface area contributed by atoms with E-state index in [0.29, 0.717) is 11.3 Å². The number of benzene rings is 1. The van der Waals surface area contributed by atoms with Crippen LogP contribution in [-0.4, -0.2) is 21.0 Å². The Labute approximate surface area is 123 Å². The van der Waals surface area contributed by atoms with Crippen LogP contribution in [-0.2, 0) is 0 Å². The number of H-pyrrole nitrogens is 1. The maximum Gasteiger partial charge on any atom is 0.345 e. The number of nitrogens with zero attached hydrogens (tertiary/aromatic N) is 1. The summed E-state index contributed by atoms with van der Waals surface area (Å²) >= 11 is 3.31. The maximum atomic E-state index is 11.7. The van der Waals surface area contributed by atoms with Gasteiger partial charge < -0.3 is 10.1 Å². The van der Waals surface area contributed by atoms with E-state index in [2.05, 4.69) is 25.9 Å². The van der Waals surface area contributed by atoms with E-state index in [1.165, 1.54) is 0 Å². The zero-order chi connectivity index (χ0) is 14.9. The second-order valence-corrected chi connectivity index (χ2v) is 5.56. The predicted molar refractivity (Wildman–Crippen MR) is 79.0 cm³/mol. The molecule has 0 aliphatic heterocycles. The number of carboxylic acid groups (broad SMARTS) is 1.